The van der Waals surface area contributed by atoms with Gasteiger partial charge >= 0.3 is 24.3 Å². The maximum Gasteiger partial charge on any atom is 0.491 e. The average Bonchev–Trinajstić information content (AvgIpc) is 3.25. The highest BCUT2D eigenvalue weighted by atomic mass is 35.5. The van der Waals surface area contributed by atoms with E-state index in [2.05, 4.69) is 4.74 Å². The van der Waals surface area contributed by atoms with Crippen LogP contribution in [0.3, 0.4) is 0 Å². The smallest absolute Gasteiger partial charge is 0.491 e. The van der Waals surface area contributed by atoms with Crippen LogP contribution in [0.1, 0.15) is 35.2 Å². The first kappa shape index (κ1) is 33.0. The van der Waals surface area contributed by atoms with Gasteiger partial charge in [0.25, 0.3) is 0 Å². The lowest BCUT2D eigenvalue weighted by Gasteiger charge is -2.39. The molecule has 1 N–H and O–H groups in total. The summed E-state index contributed by atoms with van der Waals surface area (Å²) in [7, 11) is 0. The van der Waals surface area contributed by atoms with Crippen LogP contribution in [0.4, 0.5) is 26.3 Å². The van der Waals surface area contributed by atoms with Gasteiger partial charge in [0.1, 0.15) is 41.1 Å². The molecule has 2 aliphatic rings. The molecule has 4 rings (SSSR count). The number of hydrogen-bond donors (Lipinski definition) is 1. The fourth-order valence-electron chi connectivity index (χ4n) is 4.76. The minimum Gasteiger partial charge on any atom is -0.492 e. The highest BCUT2D eigenvalue weighted by Crippen LogP contribution is 2.42. The van der Waals surface area contributed by atoms with Crippen molar-refractivity contribution in [2.45, 2.75) is 49.7 Å². The summed E-state index contributed by atoms with van der Waals surface area (Å²) in [5, 5.41) is 10.8. The Morgan fingerprint density at radius 2 is 1.72 bits per heavy atom. The number of aliphatic hydroxyl groups is 1. The van der Waals surface area contributed by atoms with E-state index < -0.39 is 66.4 Å². The minimum atomic E-state index is -5.48. The number of alkyl halides is 6. The Kier molecular flexibility index (Phi) is 9.94. The molecule has 43 heavy (non-hydrogen) atoms. The number of likely N-dealkylation sites (tertiary alicyclic amines) is 1. The number of esters is 2. The van der Waals surface area contributed by atoms with Crippen molar-refractivity contribution in [3.8, 4) is 17.2 Å². The van der Waals surface area contributed by atoms with E-state index in [1.807, 2.05) is 17.0 Å². The van der Waals surface area contributed by atoms with E-state index >= 15 is 0 Å². The third-order valence-electron chi connectivity index (χ3n) is 6.84. The van der Waals surface area contributed by atoms with E-state index in [1.165, 1.54) is 0 Å². The summed E-state index contributed by atoms with van der Waals surface area (Å²) in [5.41, 5.74) is -0.110. The van der Waals surface area contributed by atoms with Gasteiger partial charge in [-0.2, -0.15) is 26.3 Å². The number of fused-ring (bicyclic) bond motifs is 1. The first-order valence-corrected chi connectivity index (χ1v) is 13.7. The Bertz CT molecular complexity index is 1350. The number of β-amino-alcohol motifs (C(OH)–C–C–N with tert-alkyl or cyclic N) is 1. The fraction of sp³-hybridized carbons (Fsp3) is 0.481. The molecule has 16 heteroatoms. The number of ether oxygens (including phenoxy) is 4. The van der Waals surface area contributed by atoms with Crippen molar-refractivity contribution in [1.29, 1.82) is 0 Å². The van der Waals surface area contributed by atoms with Gasteiger partial charge in [-0.15, -0.1) is 0 Å². The van der Waals surface area contributed by atoms with E-state index in [0.717, 1.165) is 23.4 Å². The minimum absolute atomic E-state index is 0.115. The van der Waals surface area contributed by atoms with E-state index in [1.54, 1.807) is 6.07 Å². The van der Waals surface area contributed by atoms with Crippen LogP contribution < -0.4 is 14.2 Å². The van der Waals surface area contributed by atoms with Crippen LogP contribution in [0, 0.1) is 0 Å². The Morgan fingerprint density at radius 3 is 2.37 bits per heavy atom. The average molecular weight is 660 g/mol. The zero-order valence-corrected chi connectivity index (χ0v) is 23.7. The zero-order valence-electron chi connectivity index (χ0n) is 22.2. The van der Waals surface area contributed by atoms with Gasteiger partial charge in [-0.25, -0.2) is 9.59 Å². The van der Waals surface area contributed by atoms with Crippen molar-refractivity contribution >= 4 is 35.1 Å². The monoisotopic (exact) mass is 659 g/mol. The molecule has 1 spiro atoms. The predicted molar refractivity (Wildman–Crippen MR) is 140 cm³/mol. The van der Waals surface area contributed by atoms with Crippen LogP contribution >= 0.6 is 23.2 Å². The number of piperidine rings is 1. The van der Waals surface area contributed by atoms with Gasteiger partial charge in [-0.1, -0.05) is 23.2 Å². The molecule has 0 amide bonds. The molecule has 1 saturated heterocycles. The van der Waals surface area contributed by atoms with Gasteiger partial charge in [0.15, 0.2) is 0 Å². The van der Waals surface area contributed by atoms with Gasteiger partial charge in [0, 0.05) is 50.0 Å². The normalized spacial score (nSPS) is 17.2. The van der Waals surface area contributed by atoms with E-state index in [9.17, 15) is 41.0 Å². The number of rotatable bonds is 9. The Balaban J connectivity index is 1.38. The maximum absolute atomic E-state index is 12.6. The molecular weight excluding hydrogens is 635 g/mol. The third-order valence-corrected chi connectivity index (χ3v) is 7.37. The summed E-state index contributed by atoms with van der Waals surface area (Å²) in [6.07, 6.45) is -10.5. The van der Waals surface area contributed by atoms with Crippen LogP contribution in [0.25, 0.3) is 0 Å². The molecule has 0 aliphatic carbocycles. The summed E-state index contributed by atoms with van der Waals surface area (Å²) >= 11 is 12.0. The highest BCUT2D eigenvalue weighted by molar-refractivity contribution is 6.32. The van der Waals surface area contributed by atoms with E-state index in [4.69, 9.17) is 37.4 Å². The maximum atomic E-state index is 12.6. The molecule has 0 aromatic heterocycles. The second-order valence-electron chi connectivity index (χ2n) is 10.1. The summed E-state index contributed by atoms with van der Waals surface area (Å²) < 4.78 is 95.9. The van der Waals surface area contributed by atoms with Crippen LogP contribution in [-0.2, 0) is 16.0 Å². The summed E-state index contributed by atoms with van der Waals surface area (Å²) in [5.74, 6) is -4.71. The lowest BCUT2D eigenvalue weighted by Crippen LogP contribution is -2.49. The fourth-order valence-corrected chi connectivity index (χ4v) is 5.17. The summed E-state index contributed by atoms with van der Waals surface area (Å²) in [6.45, 7) is -0.106. The second kappa shape index (κ2) is 13.0. The molecule has 1 fully saturated rings. The van der Waals surface area contributed by atoms with Gasteiger partial charge in [0.05, 0.1) is 18.1 Å². The van der Waals surface area contributed by atoms with Crippen molar-refractivity contribution in [3.63, 3.8) is 0 Å². The third kappa shape index (κ3) is 8.80. The van der Waals surface area contributed by atoms with E-state index in [-0.39, 0.29) is 17.9 Å². The number of carbonyl (C=O) groups is 2. The predicted octanol–water partition coefficient (Wildman–Crippen LogP) is 5.78. The molecule has 2 aromatic rings. The molecule has 0 unspecified atom stereocenters. The molecule has 2 aliphatic heterocycles. The lowest BCUT2D eigenvalue weighted by molar-refractivity contribution is -0.193. The van der Waals surface area contributed by atoms with Crippen LogP contribution in [-0.4, -0.2) is 78.9 Å². The van der Waals surface area contributed by atoms with E-state index in [0.29, 0.717) is 37.4 Å². The van der Waals surface area contributed by atoms with Crippen molar-refractivity contribution in [2.75, 3.05) is 32.8 Å². The molecule has 1 atom stereocenters. The van der Waals surface area contributed by atoms with Crippen LogP contribution in [0.15, 0.2) is 30.3 Å². The summed E-state index contributed by atoms with van der Waals surface area (Å²) in [6, 6.07) is 7.04. The van der Waals surface area contributed by atoms with Gasteiger partial charge in [-0.05, 0) is 29.8 Å². The molecule has 8 nitrogen and oxygen atoms in total. The lowest BCUT2D eigenvalue weighted by atomic mass is 9.87. The number of nitrogens with zero attached hydrogens (tertiary/aromatic N) is 1. The first-order chi connectivity index (χ1) is 20.0. The number of halogens is 8. The van der Waals surface area contributed by atoms with Crippen LogP contribution in [0.5, 0.6) is 17.2 Å². The Labute approximate surface area is 251 Å². The van der Waals surface area contributed by atoms with Gasteiger partial charge in [0.2, 0.25) is 0 Å². The first-order valence-electron chi connectivity index (χ1n) is 12.9. The largest absolute Gasteiger partial charge is 0.492 e. The number of benzene rings is 2. The van der Waals surface area contributed by atoms with Crippen molar-refractivity contribution in [2.24, 2.45) is 0 Å². The Hall–Kier alpha value is -2.94. The Morgan fingerprint density at radius 1 is 1.02 bits per heavy atom. The molecule has 2 aromatic carbocycles. The molecular formula is C27H25Cl2F6NO7. The highest BCUT2D eigenvalue weighted by Gasteiger charge is 2.44. The number of hydrogen-bond acceptors (Lipinski definition) is 8. The van der Waals surface area contributed by atoms with Crippen molar-refractivity contribution in [1.82, 2.24) is 4.90 Å². The van der Waals surface area contributed by atoms with Crippen molar-refractivity contribution in [3.05, 3.63) is 51.5 Å². The molecule has 236 valence electrons. The van der Waals surface area contributed by atoms with Crippen LogP contribution in [0.2, 0.25) is 10.0 Å². The molecule has 0 bridgehead atoms. The topological polar surface area (TPSA) is 94.5 Å². The summed E-state index contributed by atoms with van der Waals surface area (Å²) in [4.78, 5) is 25.5. The van der Waals surface area contributed by atoms with Gasteiger partial charge in [-0.3, -0.25) is 0 Å². The standard InChI is InChI=1S/C27H25Cl2F6NO7/c28-16-1-2-20-15(9-16)12-25(43-20)3-6-36(7-4-25)13-17(37)14-41-21-11-22(40-8-5-26(30,31)32)19(29)10-18(21)23(38)42-24(39)27(33,34)35/h1-2,9-11,17,37H,3-8,12-14H2/t17-/m1/s1. The molecule has 0 radical (unpaired) electrons. The van der Waals surface area contributed by atoms with Crippen molar-refractivity contribution < 1.29 is 60.0 Å². The number of carbonyl (C=O) groups excluding carboxylic acids is 2. The molecule has 2 heterocycles. The number of aliphatic hydroxyl groups excluding tert-OH is 1. The van der Waals surface area contributed by atoms with Gasteiger partial charge < -0.3 is 29.0 Å². The molecule has 0 saturated carbocycles. The zero-order chi connectivity index (χ0) is 31.6. The SMILES string of the molecule is O=C(OC(=O)C(F)(F)F)c1cc(Cl)c(OCCC(F)(F)F)cc1OC[C@H](O)CN1CCC2(CC1)Cc1cc(Cl)ccc1O2. The quantitative estimate of drug-likeness (QED) is 0.206. The second-order valence-corrected chi connectivity index (χ2v) is 11.0.